The molecule has 3 heterocycles. The Morgan fingerprint density at radius 2 is 1.88 bits per heavy atom. The van der Waals surface area contributed by atoms with Gasteiger partial charge in [-0.3, -0.25) is 4.79 Å². The lowest BCUT2D eigenvalue weighted by atomic mass is 9.97. The summed E-state index contributed by atoms with van der Waals surface area (Å²) in [6.07, 6.45) is 0.251. The summed E-state index contributed by atoms with van der Waals surface area (Å²) in [7, 11) is 0. The predicted molar refractivity (Wildman–Crippen MR) is 113 cm³/mol. The van der Waals surface area contributed by atoms with Crippen molar-refractivity contribution in [3.63, 3.8) is 0 Å². The second-order valence-corrected chi connectivity index (χ2v) is 7.99. The monoisotopic (exact) mass is 449 g/mol. The summed E-state index contributed by atoms with van der Waals surface area (Å²) < 4.78 is 46.5. The third-order valence-electron chi connectivity index (χ3n) is 5.86. The number of rotatable bonds is 5. The zero-order chi connectivity index (χ0) is 22.6. The molecule has 2 aliphatic heterocycles. The summed E-state index contributed by atoms with van der Waals surface area (Å²) in [6, 6.07) is 6.03. The number of carbonyl (C=O) groups excluding carboxylic acids is 1. The van der Waals surface area contributed by atoms with Gasteiger partial charge in [0.1, 0.15) is 0 Å². The molecule has 1 N–H and O–H groups in total. The summed E-state index contributed by atoms with van der Waals surface area (Å²) in [6.45, 7) is 3.10. The van der Waals surface area contributed by atoms with Gasteiger partial charge in [-0.25, -0.2) is 9.97 Å². The largest absolute Gasteiger partial charge is 0.416 e. The minimum Gasteiger partial charge on any atom is -0.378 e. The highest BCUT2D eigenvalue weighted by atomic mass is 19.4. The fourth-order valence-corrected chi connectivity index (χ4v) is 4.15. The highest BCUT2D eigenvalue weighted by Crippen LogP contribution is 2.35. The molecular weight excluding hydrogens is 423 g/mol. The van der Waals surface area contributed by atoms with Gasteiger partial charge in [0.15, 0.2) is 0 Å². The first-order chi connectivity index (χ1) is 15.4. The number of hydrogen-bond donors (Lipinski definition) is 1. The average Bonchev–Trinajstić information content (AvgIpc) is 2.83. The van der Waals surface area contributed by atoms with Gasteiger partial charge in [0.25, 0.3) is 0 Å². The standard InChI is InChI=1S/C22H26F3N5O2/c23-22(24,25)19-13-18(29-9-11-32-12-10-29)5-4-16(19)14-28-20(31)17-3-1-8-30(15-17)21-26-6-2-7-27-21/h2,4-7,13,17H,1,3,8-12,14-15H2,(H,28,31). The number of morpholine rings is 1. The first kappa shape index (κ1) is 22.3. The van der Waals surface area contributed by atoms with E-state index in [4.69, 9.17) is 4.74 Å². The molecule has 0 saturated carbocycles. The zero-order valence-corrected chi connectivity index (χ0v) is 17.6. The number of halogens is 3. The molecule has 1 aromatic heterocycles. The minimum absolute atomic E-state index is 0.0573. The van der Waals surface area contributed by atoms with Crippen LogP contribution in [0.3, 0.4) is 0 Å². The quantitative estimate of drug-likeness (QED) is 0.757. The van der Waals surface area contributed by atoms with Crippen LogP contribution < -0.4 is 15.1 Å². The highest BCUT2D eigenvalue weighted by Gasteiger charge is 2.34. The van der Waals surface area contributed by atoms with Crippen molar-refractivity contribution >= 4 is 17.5 Å². The molecule has 7 nitrogen and oxygen atoms in total. The van der Waals surface area contributed by atoms with E-state index in [1.165, 1.54) is 12.1 Å². The van der Waals surface area contributed by atoms with E-state index in [1.54, 1.807) is 24.5 Å². The number of hydrogen-bond acceptors (Lipinski definition) is 6. The van der Waals surface area contributed by atoms with Gasteiger partial charge in [0.2, 0.25) is 11.9 Å². The smallest absolute Gasteiger partial charge is 0.378 e. The normalized spacial score (nSPS) is 19.7. The Morgan fingerprint density at radius 1 is 1.12 bits per heavy atom. The highest BCUT2D eigenvalue weighted by molar-refractivity contribution is 5.79. The van der Waals surface area contributed by atoms with Gasteiger partial charge in [-0.2, -0.15) is 13.2 Å². The number of nitrogens with one attached hydrogen (secondary N) is 1. The molecule has 32 heavy (non-hydrogen) atoms. The number of amides is 1. The van der Waals surface area contributed by atoms with E-state index in [2.05, 4.69) is 15.3 Å². The van der Waals surface area contributed by atoms with Crippen molar-refractivity contribution in [1.29, 1.82) is 0 Å². The molecule has 2 fully saturated rings. The average molecular weight is 449 g/mol. The fraction of sp³-hybridized carbons (Fsp3) is 0.500. The molecule has 172 valence electrons. The maximum atomic E-state index is 13.7. The van der Waals surface area contributed by atoms with Gasteiger partial charge in [0.05, 0.1) is 24.7 Å². The van der Waals surface area contributed by atoms with Gasteiger partial charge in [-0.1, -0.05) is 6.07 Å². The van der Waals surface area contributed by atoms with Gasteiger partial charge in [-0.15, -0.1) is 0 Å². The second-order valence-electron chi connectivity index (χ2n) is 7.99. The van der Waals surface area contributed by atoms with E-state index in [0.29, 0.717) is 50.9 Å². The number of alkyl halides is 3. The lowest BCUT2D eigenvalue weighted by Crippen LogP contribution is -2.43. The van der Waals surface area contributed by atoms with Crippen molar-refractivity contribution in [2.24, 2.45) is 5.92 Å². The van der Waals surface area contributed by atoms with E-state index in [9.17, 15) is 18.0 Å². The van der Waals surface area contributed by atoms with Crippen molar-refractivity contribution in [3.8, 4) is 0 Å². The number of aromatic nitrogens is 2. The van der Waals surface area contributed by atoms with Crippen molar-refractivity contribution in [2.45, 2.75) is 25.6 Å². The van der Waals surface area contributed by atoms with Crippen LogP contribution in [0.2, 0.25) is 0 Å². The van der Waals surface area contributed by atoms with Crippen LogP contribution in [0.25, 0.3) is 0 Å². The van der Waals surface area contributed by atoms with E-state index in [1.807, 2.05) is 9.80 Å². The Bertz CT molecular complexity index is 920. The van der Waals surface area contributed by atoms with Crippen molar-refractivity contribution in [2.75, 3.05) is 49.2 Å². The van der Waals surface area contributed by atoms with Crippen LogP contribution in [0.1, 0.15) is 24.0 Å². The maximum Gasteiger partial charge on any atom is 0.416 e. The van der Waals surface area contributed by atoms with Gasteiger partial charge in [0, 0.05) is 50.8 Å². The second kappa shape index (κ2) is 9.72. The van der Waals surface area contributed by atoms with Crippen LogP contribution in [-0.2, 0) is 22.3 Å². The Hall–Kier alpha value is -2.88. The van der Waals surface area contributed by atoms with E-state index in [-0.39, 0.29) is 23.9 Å². The Morgan fingerprint density at radius 3 is 2.59 bits per heavy atom. The summed E-state index contributed by atoms with van der Waals surface area (Å²) in [4.78, 5) is 25.0. The summed E-state index contributed by atoms with van der Waals surface area (Å²) >= 11 is 0. The van der Waals surface area contributed by atoms with Gasteiger partial charge >= 0.3 is 6.18 Å². The molecule has 2 aliphatic rings. The number of anilines is 2. The number of piperidine rings is 1. The molecule has 1 unspecified atom stereocenters. The first-order valence-corrected chi connectivity index (χ1v) is 10.7. The van der Waals surface area contributed by atoms with Gasteiger partial charge < -0.3 is 19.9 Å². The summed E-state index contributed by atoms with van der Waals surface area (Å²) in [5.41, 5.74) is -0.145. The summed E-state index contributed by atoms with van der Waals surface area (Å²) in [5, 5.41) is 2.71. The molecular formula is C22H26F3N5O2. The molecule has 0 radical (unpaired) electrons. The minimum atomic E-state index is -4.51. The molecule has 2 saturated heterocycles. The Kier molecular flexibility index (Phi) is 6.78. The topological polar surface area (TPSA) is 70.6 Å². The molecule has 2 aromatic rings. The van der Waals surface area contributed by atoms with Crippen LogP contribution in [0.4, 0.5) is 24.8 Å². The lowest BCUT2D eigenvalue weighted by molar-refractivity contribution is -0.138. The van der Waals surface area contributed by atoms with Crippen LogP contribution in [-0.4, -0.2) is 55.3 Å². The fourth-order valence-electron chi connectivity index (χ4n) is 4.15. The van der Waals surface area contributed by atoms with Crippen LogP contribution >= 0.6 is 0 Å². The zero-order valence-electron chi connectivity index (χ0n) is 17.6. The third-order valence-corrected chi connectivity index (χ3v) is 5.86. The predicted octanol–water partition coefficient (Wildman–Crippen LogP) is 2.86. The first-order valence-electron chi connectivity index (χ1n) is 10.7. The van der Waals surface area contributed by atoms with E-state index >= 15 is 0 Å². The molecule has 0 bridgehead atoms. The van der Waals surface area contributed by atoms with Crippen molar-refractivity contribution in [3.05, 3.63) is 47.8 Å². The van der Waals surface area contributed by atoms with Crippen LogP contribution in [0, 0.1) is 5.92 Å². The number of ether oxygens (including phenoxy) is 1. The number of benzene rings is 1. The molecule has 1 atom stereocenters. The summed E-state index contributed by atoms with van der Waals surface area (Å²) in [5.74, 6) is -0.0198. The van der Waals surface area contributed by atoms with Crippen LogP contribution in [0.15, 0.2) is 36.7 Å². The van der Waals surface area contributed by atoms with E-state index < -0.39 is 11.7 Å². The molecule has 0 spiro atoms. The Labute approximate surface area is 184 Å². The van der Waals surface area contributed by atoms with E-state index in [0.717, 1.165) is 13.0 Å². The SMILES string of the molecule is O=C(NCc1ccc(N2CCOCC2)cc1C(F)(F)F)C1CCCN(c2ncccn2)C1. The van der Waals surface area contributed by atoms with Crippen molar-refractivity contribution < 1.29 is 22.7 Å². The molecule has 4 rings (SSSR count). The molecule has 1 aromatic carbocycles. The third kappa shape index (κ3) is 5.29. The molecule has 1 amide bonds. The number of carbonyl (C=O) groups is 1. The Balaban J connectivity index is 1.42. The molecule has 10 heteroatoms. The van der Waals surface area contributed by atoms with Crippen molar-refractivity contribution in [1.82, 2.24) is 15.3 Å². The van der Waals surface area contributed by atoms with Crippen LogP contribution in [0.5, 0.6) is 0 Å². The molecule has 0 aliphatic carbocycles. The lowest BCUT2D eigenvalue weighted by Gasteiger charge is -2.32. The van der Waals surface area contributed by atoms with Gasteiger partial charge in [-0.05, 0) is 36.6 Å². The maximum absolute atomic E-state index is 13.7. The number of nitrogens with zero attached hydrogens (tertiary/aromatic N) is 4.